The summed E-state index contributed by atoms with van der Waals surface area (Å²) in [5.41, 5.74) is 7.93. The smallest absolute Gasteiger partial charge is 0.306 e. The number of aliphatic hydroxyl groups is 1. The predicted octanol–water partition coefficient (Wildman–Crippen LogP) is 4.04. The molecule has 2 aromatic carbocycles. The van der Waals surface area contributed by atoms with Crippen molar-refractivity contribution in [3.8, 4) is 0 Å². The summed E-state index contributed by atoms with van der Waals surface area (Å²) in [5, 5.41) is 11.7. The molecule has 10 nitrogen and oxygen atoms in total. The summed E-state index contributed by atoms with van der Waals surface area (Å²) in [7, 11) is -4.01. The number of esters is 1. The van der Waals surface area contributed by atoms with Gasteiger partial charge in [-0.15, -0.1) is 0 Å². The average Bonchev–Trinajstić information content (AvgIpc) is 3.49. The van der Waals surface area contributed by atoms with Gasteiger partial charge in [-0.25, -0.2) is 8.42 Å². The minimum absolute atomic E-state index is 0.0000395. The maximum Gasteiger partial charge on any atom is 0.306 e. The first-order chi connectivity index (χ1) is 21.3. The van der Waals surface area contributed by atoms with Gasteiger partial charge in [0.15, 0.2) is 6.29 Å². The predicted molar refractivity (Wildman–Crippen MR) is 165 cm³/mol. The van der Waals surface area contributed by atoms with E-state index in [1.165, 1.54) is 10.4 Å². The Morgan fingerprint density at radius 2 is 1.75 bits per heavy atom. The largest absolute Gasteiger partial charge is 0.462 e. The summed E-state index contributed by atoms with van der Waals surface area (Å²) in [6, 6.07) is 14.4. The van der Waals surface area contributed by atoms with Gasteiger partial charge in [0.1, 0.15) is 6.10 Å². The molecule has 0 unspecified atom stereocenters. The number of carbonyl (C=O) groups excluding carboxylic acids is 1. The Hall–Kier alpha value is -2.54. The fraction of sp³-hybridized carbons (Fsp3) is 0.606. The molecular weight excluding hydrogens is 584 g/mol. The molecule has 2 saturated heterocycles. The van der Waals surface area contributed by atoms with Crippen LogP contribution in [0.25, 0.3) is 0 Å². The van der Waals surface area contributed by atoms with Crippen LogP contribution in [0.1, 0.15) is 62.5 Å². The van der Waals surface area contributed by atoms with Crippen LogP contribution in [-0.4, -0.2) is 75.2 Å². The number of ether oxygens (including phenoxy) is 4. The van der Waals surface area contributed by atoms with Crippen molar-refractivity contribution < 1.29 is 37.3 Å². The molecule has 11 heteroatoms. The average molecular weight is 631 g/mol. The molecule has 0 aromatic heterocycles. The third-order valence-corrected chi connectivity index (χ3v) is 10.9. The van der Waals surface area contributed by atoms with Crippen LogP contribution in [0.15, 0.2) is 53.4 Å². The number of anilines is 1. The summed E-state index contributed by atoms with van der Waals surface area (Å²) in [6.45, 7) is 1.84. The zero-order valence-electron chi connectivity index (χ0n) is 25.3. The number of nitrogens with zero attached hydrogens (tertiary/aromatic N) is 1. The minimum atomic E-state index is -4.01. The Morgan fingerprint density at radius 1 is 1.00 bits per heavy atom. The fourth-order valence-electron chi connectivity index (χ4n) is 6.44. The molecule has 5 rings (SSSR count). The molecule has 5 atom stereocenters. The third kappa shape index (κ3) is 8.58. The van der Waals surface area contributed by atoms with Crippen LogP contribution in [0.2, 0.25) is 0 Å². The van der Waals surface area contributed by atoms with Crippen LogP contribution in [0.3, 0.4) is 0 Å². The van der Waals surface area contributed by atoms with E-state index in [1.54, 1.807) is 12.1 Å². The Balaban J connectivity index is 1.36. The molecule has 3 N–H and O–H groups in total. The summed E-state index contributed by atoms with van der Waals surface area (Å²) in [6.07, 6.45) is 4.38. The highest BCUT2D eigenvalue weighted by atomic mass is 32.2. The maximum atomic E-state index is 14.1. The Kier molecular flexibility index (Phi) is 11.7. The number of fused-ring (bicyclic) bond motifs is 2. The quantitative estimate of drug-likeness (QED) is 0.327. The van der Waals surface area contributed by atoms with Gasteiger partial charge in [0, 0.05) is 43.6 Å². The third-order valence-electron chi connectivity index (χ3n) is 8.89. The lowest BCUT2D eigenvalue weighted by Gasteiger charge is -2.33. The lowest BCUT2D eigenvalue weighted by Crippen LogP contribution is -2.43. The molecule has 0 amide bonds. The molecule has 0 bridgehead atoms. The first-order valence-corrected chi connectivity index (χ1v) is 17.4. The van der Waals surface area contributed by atoms with Gasteiger partial charge >= 0.3 is 5.97 Å². The van der Waals surface area contributed by atoms with Gasteiger partial charge in [-0.3, -0.25) is 4.79 Å². The van der Waals surface area contributed by atoms with Gasteiger partial charge in [-0.05, 0) is 55.0 Å². The monoisotopic (exact) mass is 630 g/mol. The van der Waals surface area contributed by atoms with Crippen molar-refractivity contribution >= 4 is 21.7 Å². The summed E-state index contributed by atoms with van der Waals surface area (Å²) in [5.74, 6) is -0.970. The van der Waals surface area contributed by atoms with Crippen LogP contribution in [0, 0.1) is 11.8 Å². The normalized spacial score (nSPS) is 26.2. The maximum absolute atomic E-state index is 14.1. The van der Waals surface area contributed by atoms with E-state index < -0.39 is 28.0 Å². The standard InChI is InChI=1S/C33H46N2O8S/c34-27-11-12-31-26(20-27)23-40-16-8-3-1-2-7-15-35(44(31,38)39)22-29(36)25(19-24-9-5-4-6-10-24)21-32(37)43-30-14-18-42-33-28(30)13-17-41-33/h4-6,9-12,20,25,28-30,33,36H,1-3,7-8,13-19,21-23,34H2/t25-,28+,29-,30+,33-/m1/s1. The van der Waals surface area contributed by atoms with Crippen LogP contribution < -0.4 is 5.73 Å². The van der Waals surface area contributed by atoms with Crippen molar-refractivity contribution in [1.29, 1.82) is 0 Å². The zero-order chi connectivity index (χ0) is 30.9. The molecule has 0 aliphatic carbocycles. The number of β-amino-alcohol motifs (C(OH)–C–C–N with tert-alkyl or cyclic N) is 1. The topological polar surface area (TPSA) is 138 Å². The van der Waals surface area contributed by atoms with Crippen LogP contribution in [-0.2, 0) is 46.8 Å². The Bertz CT molecular complexity index is 1320. The highest BCUT2D eigenvalue weighted by Gasteiger charge is 2.41. The van der Waals surface area contributed by atoms with Gasteiger partial charge < -0.3 is 29.8 Å². The molecule has 242 valence electrons. The number of hydrogen-bond acceptors (Lipinski definition) is 9. The number of aliphatic hydroxyl groups excluding tert-OH is 1. The van der Waals surface area contributed by atoms with Crippen LogP contribution >= 0.6 is 0 Å². The van der Waals surface area contributed by atoms with Crippen molar-refractivity contribution in [2.75, 3.05) is 38.6 Å². The molecule has 0 spiro atoms. The first kappa shape index (κ1) is 32.8. The number of sulfonamides is 1. The second kappa shape index (κ2) is 15.6. The molecule has 0 saturated carbocycles. The number of nitrogen functional groups attached to an aromatic ring is 1. The summed E-state index contributed by atoms with van der Waals surface area (Å²) >= 11 is 0. The highest BCUT2D eigenvalue weighted by Crippen LogP contribution is 2.33. The lowest BCUT2D eigenvalue weighted by molar-refractivity contribution is -0.195. The number of hydrogen-bond donors (Lipinski definition) is 2. The Labute approximate surface area is 260 Å². The van der Waals surface area contributed by atoms with Crippen LogP contribution in [0.4, 0.5) is 5.69 Å². The van der Waals surface area contributed by atoms with E-state index in [-0.39, 0.29) is 49.3 Å². The number of benzene rings is 2. The van der Waals surface area contributed by atoms with Gasteiger partial charge in [0.25, 0.3) is 0 Å². The molecule has 2 fully saturated rings. The van der Waals surface area contributed by atoms with Crippen molar-refractivity contribution in [1.82, 2.24) is 4.31 Å². The molecule has 3 heterocycles. The molecule has 3 aliphatic rings. The van der Waals surface area contributed by atoms with E-state index in [1.807, 2.05) is 30.3 Å². The molecule has 0 radical (unpaired) electrons. The van der Waals surface area contributed by atoms with Crippen molar-refractivity contribution in [3.63, 3.8) is 0 Å². The molecular formula is C33H46N2O8S. The van der Waals surface area contributed by atoms with E-state index in [0.29, 0.717) is 50.3 Å². The van der Waals surface area contributed by atoms with E-state index in [0.717, 1.165) is 37.7 Å². The van der Waals surface area contributed by atoms with E-state index in [4.69, 9.17) is 24.7 Å². The number of rotatable bonds is 8. The minimum Gasteiger partial charge on any atom is -0.462 e. The second-order valence-electron chi connectivity index (χ2n) is 12.2. The van der Waals surface area contributed by atoms with Gasteiger partial charge in [-0.2, -0.15) is 4.31 Å². The van der Waals surface area contributed by atoms with Gasteiger partial charge in [-0.1, -0.05) is 49.6 Å². The number of carbonyl (C=O) groups is 1. The van der Waals surface area contributed by atoms with Crippen molar-refractivity contribution in [2.24, 2.45) is 11.8 Å². The SMILES string of the molecule is Nc1ccc2c(c1)COCCCCCCCN(C[C@@H](O)[C@@H](CC(=O)O[C@H]1CCO[C@H]3OCC[C@H]31)Cc1ccccc1)S2(=O)=O. The van der Waals surface area contributed by atoms with Gasteiger partial charge in [0.2, 0.25) is 10.0 Å². The Morgan fingerprint density at radius 3 is 2.57 bits per heavy atom. The highest BCUT2D eigenvalue weighted by molar-refractivity contribution is 7.89. The van der Waals surface area contributed by atoms with E-state index >= 15 is 0 Å². The molecule has 44 heavy (non-hydrogen) atoms. The lowest BCUT2D eigenvalue weighted by atomic mass is 9.90. The molecule has 2 aromatic rings. The van der Waals surface area contributed by atoms with Crippen LogP contribution in [0.5, 0.6) is 0 Å². The van der Waals surface area contributed by atoms with Crippen molar-refractivity contribution in [2.45, 2.75) is 87.8 Å². The van der Waals surface area contributed by atoms with Crippen molar-refractivity contribution in [3.05, 3.63) is 59.7 Å². The fourth-order valence-corrected chi connectivity index (χ4v) is 8.13. The summed E-state index contributed by atoms with van der Waals surface area (Å²) < 4.78 is 52.7. The van der Waals surface area contributed by atoms with E-state index in [2.05, 4.69) is 0 Å². The number of nitrogens with two attached hydrogens (primary N) is 1. The molecule has 3 aliphatic heterocycles. The second-order valence-corrected chi connectivity index (χ2v) is 14.1. The van der Waals surface area contributed by atoms with E-state index in [9.17, 15) is 18.3 Å². The van der Waals surface area contributed by atoms with Gasteiger partial charge in [0.05, 0.1) is 37.2 Å². The zero-order valence-corrected chi connectivity index (χ0v) is 26.2. The summed E-state index contributed by atoms with van der Waals surface area (Å²) in [4.78, 5) is 13.5. The first-order valence-electron chi connectivity index (χ1n) is 15.9.